The molecule has 1 unspecified atom stereocenters. The third kappa shape index (κ3) is 5.15. The smallest absolute Gasteiger partial charge is 0.244 e. The highest BCUT2D eigenvalue weighted by atomic mass is 16.1. The van der Waals surface area contributed by atoms with E-state index in [0.29, 0.717) is 0 Å². The molecule has 120 valence electrons. The normalized spacial score (nSPS) is 17.0. The highest BCUT2D eigenvalue weighted by Gasteiger charge is 2.19. The molecule has 0 saturated carbocycles. The molecule has 1 aliphatic rings. The van der Waals surface area contributed by atoms with Crippen molar-refractivity contribution in [3.63, 3.8) is 0 Å². The van der Waals surface area contributed by atoms with E-state index < -0.39 is 0 Å². The third-order valence-corrected chi connectivity index (χ3v) is 3.69. The van der Waals surface area contributed by atoms with Gasteiger partial charge in [0.1, 0.15) is 5.82 Å². The van der Waals surface area contributed by atoms with E-state index >= 15 is 0 Å². The lowest BCUT2D eigenvalue weighted by Crippen LogP contribution is -2.50. The molecule has 0 aliphatic carbocycles. The Hall–Kier alpha value is -1.88. The Kier molecular flexibility index (Phi) is 5.95. The van der Waals surface area contributed by atoms with E-state index in [0.717, 1.165) is 44.1 Å². The molecule has 5 nitrogen and oxygen atoms in total. The van der Waals surface area contributed by atoms with E-state index in [4.69, 9.17) is 0 Å². The van der Waals surface area contributed by atoms with Gasteiger partial charge >= 0.3 is 0 Å². The minimum absolute atomic E-state index is 0.000350. The predicted octanol–water partition coefficient (Wildman–Crippen LogP) is 1.67. The Morgan fingerprint density at radius 3 is 2.64 bits per heavy atom. The highest BCUT2D eigenvalue weighted by Crippen LogP contribution is 2.12. The molecule has 2 heterocycles. The molecule has 1 atom stereocenters. The first-order chi connectivity index (χ1) is 10.5. The summed E-state index contributed by atoms with van der Waals surface area (Å²) in [6, 6.07) is 6.17. The van der Waals surface area contributed by atoms with Crippen molar-refractivity contribution in [1.29, 1.82) is 0 Å². The zero-order valence-corrected chi connectivity index (χ0v) is 13.7. The molecule has 1 saturated heterocycles. The van der Waals surface area contributed by atoms with Gasteiger partial charge in [0.2, 0.25) is 5.91 Å². The minimum atomic E-state index is -0.000350. The molecule has 1 fully saturated rings. The topological polar surface area (TPSA) is 48.5 Å². The average molecular weight is 302 g/mol. The Morgan fingerprint density at radius 1 is 1.32 bits per heavy atom. The van der Waals surface area contributed by atoms with E-state index in [2.05, 4.69) is 33.1 Å². The molecule has 0 radical (unpaired) electrons. The van der Waals surface area contributed by atoms with Crippen LogP contribution in [-0.2, 0) is 4.79 Å². The monoisotopic (exact) mass is 302 g/mol. The number of hydrogen-bond acceptors (Lipinski definition) is 4. The number of allylic oxidation sites excluding steroid dienone is 1. The van der Waals surface area contributed by atoms with Crippen LogP contribution < -0.4 is 10.2 Å². The van der Waals surface area contributed by atoms with Gasteiger partial charge in [-0.3, -0.25) is 9.69 Å². The first kappa shape index (κ1) is 16.5. The molecule has 22 heavy (non-hydrogen) atoms. The van der Waals surface area contributed by atoms with E-state index in [1.165, 1.54) is 0 Å². The minimum Gasteiger partial charge on any atom is -0.354 e. The van der Waals surface area contributed by atoms with Crippen LogP contribution in [0.2, 0.25) is 0 Å². The Balaban J connectivity index is 1.75. The Labute approximate surface area is 133 Å². The molecule has 1 aromatic heterocycles. The van der Waals surface area contributed by atoms with Gasteiger partial charge in [0.25, 0.3) is 0 Å². The van der Waals surface area contributed by atoms with Gasteiger partial charge in [-0.1, -0.05) is 11.6 Å². The highest BCUT2D eigenvalue weighted by molar-refractivity contribution is 5.88. The summed E-state index contributed by atoms with van der Waals surface area (Å²) in [5.74, 6) is 1.05. The molecule has 5 heteroatoms. The van der Waals surface area contributed by atoms with E-state index in [9.17, 15) is 4.79 Å². The number of hydrogen-bond donors (Lipinski definition) is 1. The number of aromatic nitrogens is 1. The summed E-state index contributed by atoms with van der Waals surface area (Å²) in [6.07, 6.45) is 3.48. The third-order valence-electron chi connectivity index (χ3n) is 3.69. The Bertz CT molecular complexity index is 503. The summed E-state index contributed by atoms with van der Waals surface area (Å²) in [5, 5.41) is 3.02. The zero-order chi connectivity index (χ0) is 15.9. The fourth-order valence-electron chi connectivity index (χ4n) is 2.68. The lowest BCUT2D eigenvalue weighted by molar-refractivity contribution is -0.117. The molecule has 1 N–H and O–H groups in total. The summed E-state index contributed by atoms with van der Waals surface area (Å²) in [5.41, 5.74) is 1.02. The van der Waals surface area contributed by atoms with Crippen LogP contribution in [0.1, 0.15) is 20.8 Å². The van der Waals surface area contributed by atoms with Crippen LogP contribution in [0.4, 0.5) is 5.82 Å². The van der Waals surface area contributed by atoms with Crippen LogP contribution >= 0.6 is 0 Å². The van der Waals surface area contributed by atoms with Gasteiger partial charge in [0.05, 0.1) is 0 Å². The number of nitrogens with zero attached hydrogens (tertiary/aromatic N) is 3. The SMILES string of the molecule is CC(C)=CC(=O)NC(C)CN1CCN(c2ccccn2)CC1. The van der Waals surface area contributed by atoms with Crippen molar-refractivity contribution in [2.75, 3.05) is 37.6 Å². The van der Waals surface area contributed by atoms with Gasteiger partial charge in [0, 0.05) is 51.0 Å². The predicted molar refractivity (Wildman–Crippen MR) is 89.9 cm³/mol. The van der Waals surface area contributed by atoms with Crippen molar-refractivity contribution in [1.82, 2.24) is 15.2 Å². The van der Waals surface area contributed by atoms with Crippen LogP contribution in [0, 0.1) is 0 Å². The number of rotatable bonds is 5. The fraction of sp³-hybridized carbons (Fsp3) is 0.529. The molecular formula is C17H26N4O. The summed E-state index contributed by atoms with van der Waals surface area (Å²) in [6.45, 7) is 10.8. The van der Waals surface area contributed by atoms with Crippen molar-refractivity contribution < 1.29 is 4.79 Å². The molecule has 2 rings (SSSR count). The number of nitrogens with one attached hydrogen (secondary N) is 1. The summed E-state index contributed by atoms with van der Waals surface area (Å²) < 4.78 is 0. The van der Waals surface area contributed by atoms with E-state index in [1.807, 2.05) is 32.2 Å². The van der Waals surface area contributed by atoms with Crippen molar-refractivity contribution in [3.8, 4) is 0 Å². The van der Waals surface area contributed by atoms with Crippen LogP contribution in [0.15, 0.2) is 36.0 Å². The van der Waals surface area contributed by atoms with Gasteiger partial charge in [-0.25, -0.2) is 4.98 Å². The number of anilines is 1. The Morgan fingerprint density at radius 2 is 2.05 bits per heavy atom. The van der Waals surface area contributed by atoms with Gasteiger partial charge in [-0.05, 0) is 32.9 Å². The van der Waals surface area contributed by atoms with Gasteiger partial charge in [-0.2, -0.15) is 0 Å². The maximum Gasteiger partial charge on any atom is 0.244 e. The van der Waals surface area contributed by atoms with Crippen LogP contribution in [0.5, 0.6) is 0 Å². The van der Waals surface area contributed by atoms with Gasteiger partial charge in [0.15, 0.2) is 0 Å². The summed E-state index contributed by atoms with van der Waals surface area (Å²) in [7, 11) is 0. The van der Waals surface area contributed by atoms with Crippen molar-refractivity contribution in [2.24, 2.45) is 0 Å². The fourth-order valence-corrected chi connectivity index (χ4v) is 2.68. The second-order valence-corrected chi connectivity index (χ2v) is 6.11. The molecule has 0 spiro atoms. The standard InChI is InChI=1S/C17H26N4O/c1-14(2)12-17(22)19-15(3)13-20-8-10-21(11-9-20)16-6-4-5-7-18-16/h4-7,12,15H,8-11,13H2,1-3H3,(H,19,22). The molecule has 1 aromatic rings. The molecule has 1 aliphatic heterocycles. The van der Waals surface area contributed by atoms with E-state index in [1.54, 1.807) is 6.08 Å². The largest absolute Gasteiger partial charge is 0.354 e. The zero-order valence-electron chi connectivity index (χ0n) is 13.7. The summed E-state index contributed by atoms with van der Waals surface area (Å²) >= 11 is 0. The number of amides is 1. The van der Waals surface area contributed by atoms with Gasteiger partial charge < -0.3 is 10.2 Å². The van der Waals surface area contributed by atoms with E-state index in [-0.39, 0.29) is 11.9 Å². The molecular weight excluding hydrogens is 276 g/mol. The van der Waals surface area contributed by atoms with Crippen LogP contribution in [0.25, 0.3) is 0 Å². The second-order valence-electron chi connectivity index (χ2n) is 6.11. The number of pyridine rings is 1. The first-order valence-electron chi connectivity index (χ1n) is 7.88. The first-order valence-corrected chi connectivity index (χ1v) is 7.88. The van der Waals surface area contributed by atoms with Gasteiger partial charge in [-0.15, -0.1) is 0 Å². The second kappa shape index (κ2) is 7.94. The molecule has 1 amide bonds. The number of carbonyl (C=O) groups is 1. The maximum absolute atomic E-state index is 11.7. The van der Waals surface area contributed by atoms with Crippen LogP contribution in [0.3, 0.4) is 0 Å². The maximum atomic E-state index is 11.7. The molecule has 0 aromatic carbocycles. The lowest BCUT2D eigenvalue weighted by Gasteiger charge is -2.36. The van der Waals surface area contributed by atoms with Crippen molar-refractivity contribution in [3.05, 3.63) is 36.0 Å². The van der Waals surface area contributed by atoms with Crippen LogP contribution in [-0.4, -0.2) is 54.6 Å². The number of piperazine rings is 1. The summed E-state index contributed by atoms with van der Waals surface area (Å²) in [4.78, 5) is 20.8. The average Bonchev–Trinajstić information content (AvgIpc) is 2.47. The van der Waals surface area contributed by atoms with Crippen molar-refractivity contribution in [2.45, 2.75) is 26.8 Å². The lowest BCUT2D eigenvalue weighted by atomic mass is 10.2. The quantitative estimate of drug-likeness (QED) is 0.841. The van der Waals surface area contributed by atoms with Crippen molar-refractivity contribution >= 4 is 11.7 Å². The molecule has 0 bridgehead atoms. The number of carbonyl (C=O) groups excluding carboxylic acids is 1.